The molecule has 1 aliphatic heterocycles. The molecule has 1 saturated carbocycles. The lowest BCUT2D eigenvalue weighted by atomic mass is 10.3. The standard InChI is InChI=1S/C8H14N2O/c1-2-4-7(3-1)9-10-8-5-11-6-8/h7,9H,1-6H2. The number of nitrogens with zero attached hydrogens (tertiary/aromatic N) is 1. The fraction of sp³-hybridized carbons (Fsp3) is 0.875. The minimum Gasteiger partial charge on any atom is -0.369 e. The van der Waals surface area contributed by atoms with Crippen LogP contribution in [0.4, 0.5) is 0 Å². The van der Waals surface area contributed by atoms with Crippen molar-refractivity contribution in [3.8, 4) is 0 Å². The van der Waals surface area contributed by atoms with E-state index in [1.54, 1.807) is 0 Å². The van der Waals surface area contributed by atoms with E-state index in [0.717, 1.165) is 18.9 Å². The lowest BCUT2D eigenvalue weighted by Gasteiger charge is -2.17. The van der Waals surface area contributed by atoms with E-state index in [4.69, 9.17) is 4.74 Å². The summed E-state index contributed by atoms with van der Waals surface area (Å²) in [6.45, 7) is 1.47. The number of rotatable bonds is 2. The summed E-state index contributed by atoms with van der Waals surface area (Å²) in [4.78, 5) is 0. The molecule has 0 radical (unpaired) electrons. The molecule has 1 saturated heterocycles. The van der Waals surface area contributed by atoms with Gasteiger partial charge in [0.1, 0.15) is 0 Å². The molecule has 2 rings (SSSR count). The van der Waals surface area contributed by atoms with Crippen LogP contribution in [0, 0.1) is 0 Å². The monoisotopic (exact) mass is 154 g/mol. The van der Waals surface area contributed by atoms with Crippen LogP contribution in [0.5, 0.6) is 0 Å². The maximum absolute atomic E-state index is 4.98. The smallest absolute Gasteiger partial charge is 0.0895 e. The molecule has 62 valence electrons. The minimum atomic E-state index is 0.642. The molecule has 2 aliphatic rings. The van der Waals surface area contributed by atoms with Gasteiger partial charge in [0.2, 0.25) is 0 Å². The zero-order valence-corrected chi connectivity index (χ0v) is 6.68. The second-order valence-corrected chi connectivity index (χ2v) is 3.28. The molecular formula is C8H14N2O. The first kappa shape index (κ1) is 7.10. The van der Waals surface area contributed by atoms with Gasteiger partial charge >= 0.3 is 0 Å². The Hall–Kier alpha value is -0.570. The second kappa shape index (κ2) is 3.22. The van der Waals surface area contributed by atoms with E-state index < -0.39 is 0 Å². The van der Waals surface area contributed by atoms with Gasteiger partial charge in [0.15, 0.2) is 0 Å². The molecule has 1 heterocycles. The van der Waals surface area contributed by atoms with Crippen molar-refractivity contribution in [2.75, 3.05) is 13.2 Å². The molecule has 3 nitrogen and oxygen atoms in total. The van der Waals surface area contributed by atoms with E-state index in [1.807, 2.05) is 0 Å². The largest absolute Gasteiger partial charge is 0.369 e. The van der Waals surface area contributed by atoms with Gasteiger partial charge in [0.25, 0.3) is 0 Å². The first-order chi connectivity index (χ1) is 5.45. The number of nitrogens with one attached hydrogen (secondary N) is 1. The Balaban J connectivity index is 1.72. The Labute approximate surface area is 66.8 Å². The summed E-state index contributed by atoms with van der Waals surface area (Å²) < 4.78 is 4.98. The molecule has 3 heteroatoms. The summed E-state index contributed by atoms with van der Waals surface area (Å²) in [5.74, 6) is 0. The minimum absolute atomic E-state index is 0.642. The van der Waals surface area contributed by atoms with Crippen molar-refractivity contribution in [3.63, 3.8) is 0 Å². The molecule has 0 spiro atoms. The van der Waals surface area contributed by atoms with E-state index in [9.17, 15) is 0 Å². The summed E-state index contributed by atoms with van der Waals surface area (Å²) >= 11 is 0. The summed E-state index contributed by atoms with van der Waals surface area (Å²) in [5, 5.41) is 4.25. The van der Waals surface area contributed by atoms with E-state index in [-0.39, 0.29) is 0 Å². The Morgan fingerprint density at radius 1 is 1.27 bits per heavy atom. The van der Waals surface area contributed by atoms with Crippen LogP contribution in [-0.4, -0.2) is 25.0 Å². The van der Waals surface area contributed by atoms with Crippen LogP contribution < -0.4 is 5.43 Å². The lowest BCUT2D eigenvalue weighted by molar-refractivity contribution is 0.157. The predicted molar refractivity (Wildman–Crippen MR) is 43.6 cm³/mol. The highest BCUT2D eigenvalue weighted by Gasteiger charge is 2.15. The highest BCUT2D eigenvalue weighted by Crippen LogP contribution is 2.17. The Bertz CT molecular complexity index is 155. The molecule has 0 aromatic heterocycles. The van der Waals surface area contributed by atoms with Gasteiger partial charge in [0.05, 0.1) is 18.9 Å². The van der Waals surface area contributed by atoms with Gasteiger partial charge in [-0.15, -0.1) is 0 Å². The zero-order valence-electron chi connectivity index (χ0n) is 6.68. The highest BCUT2D eigenvalue weighted by atomic mass is 16.5. The summed E-state index contributed by atoms with van der Waals surface area (Å²) in [7, 11) is 0. The van der Waals surface area contributed by atoms with E-state index >= 15 is 0 Å². The number of hydrazone groups is 1. The third kappa shape index (κ3) is 1.71. The fourth-order valence-corrected chi connectivity index (χ4v) is 1.50. The average Bonchev–Trinajstić information content (AvgIpc) is 2.36. The molecule has 0 atom stereocenters. The average molecular weight is 154 g/mol. The third-order valence-electron chi connectivity index (χ3n) is 2.30. The first-order valence-electron chi connectivity index (χ1n) is 4.34. The van der Waals surface area contributed by atoms with Gasteiger partial charge in [0, 0.05) is 6.04 Å². The van der Waals surface area contributed by atoms with Crippen molar-refractivity contribution in [1.82, 2.24) is 5.43 Å². The van der Waals surface area contributed by atoms with E-state index in [1.165, 1.54) is 25.7 Å². The number of ether oxygens (including phenoxy) is 1. The van der Waals surface area contributed by atoms with Crippen LogP contribution in [0.25, 0.3) is 0 Å². The van der Waals surface area contributed by atoms with Crippen molar-refractivity contribution in [2.45, 2.75) is 31.7 Å². The van der Waals surface area contributed by atoms with Crippen LogP contribution >= 0.6 is 0 Å². The van der Waals surface area contributed by atoms with Gasteiger partial charge in [-0.2, -0.15) is 5.10 Å². The van der Waals surface area contributed by atoms with Crippen molar-refractivity contribution >= 4 is 5.71 Å². The molecule has 0 bridgehead atoms. The lowest BCUT2D eigenvalue weighted by Crippen LogP contribution is -2.32. The van der Waals surface area contributed by atoms with Crippen LogP contribution in [0.3, 0.4) is 0 Å². The zero-order chi connectivity index (χ0) is 7.52. The molecule has 0 unspecified atom stereocenters. The van der Waals surface area contributed by atoms with Gasteiger partial charge < -0.3 is 10.2 Å². The van der Waals surface area contributed by atoms with Crippen LogP contribution in [0.15, 0.2) is 5.10 Å². The van der Waals surface area contributed by atoms with Crippen molar-refractivity contribution in [2.24, 2.45) is 5.10 Å². The Morgan fingerprint density at radius 2 is 2.00 bits per heavy atom. The molecule has 11 heavy (non-hydrogen) atoms. The highest BCUT2D eigenvalue weighted by molar-refractivity contribution is 5.90. The topological polar surface area (TPSA) is 33.6 Å². The van der Waals surface area contributed by atoms with E-state index in [2.05, 4.69) is 10.5 Å². The molecule has 1 N–H and O–H groups in total. The Morgan fingerprint density at radius 3 is 2.55 bits per heavy atom. The first-order valence-corrected chi connectivity index (χ1v) is 4.34. The maximum atomic E-state index is 4.98. The molecular weight excluding hydrogens is 140 g/mol. The van der Waals surface area contributed by atoms with Gasteiger partial charge in [-0.1, -0.05) is 12.8 Å². The number of hydrogen-bond acceptors (Lipinski definition) is 3. The fourth-order valence-electron chi connectivity index (χ4n) is 1.50. The van der Waals surface area contributed by atoms with Crippen LogP contribution in [0.2, 0.25) is 0 Å². The van der Waals surface area contributed by atoms with Crippen LogP contribution in [-0.2, 0) is 4.74 Å². The summed E-state index contributed by atoms with van der Waals surface area (Å²) in [6, 6.07) is 0.642. The normalized spacial score (nSPS) is 24.9. The maximum Gasteiger partial charge on any atom is 0.0895 e. The van der Waals surface area contributed by atoms with Gasteiger partial charge in [-0.25, -0.2) is 0 Å². The van der Waals surface area contributed by atoms with Crippen molar-refractivity contribution in [3.05, 3.63) is 0 Å². The van der Waals surface area contributed by atoms with Crippen molar-refractivity contribution < 1.29 is 4.74 Å². The van der Waals surface area contributed by atoms with Gasteiger partial charge in [-0.05, 0) is 12.8 Å². The quantitative estimate of drug-likeness (QED) is 0.600. The van der Waals surface area contributed by atoms with Crippen molar-refractivity contribution in [1.29, 1.82) is 0 Å². The van der Waals surface area contributed by atoms with Gasteiger partial charge in [-0.3, -0.25) is 0 Å². The van der Waals surface area contributed by atoms with Crippen LogP contribution in [0.1, 0.15) is 25.7 Å². The van der Waals surface area contributed by atoms with E-state index in [0.29, 0.717) is 6.04 Å². The summed E-state index contributed by atoms with van der Waals surface area (Å²) in [6.07, 6.45) is 5.30. The number of hydrogen-bond donors (Lipinski definition) is 1. The molecule has 0 aromatic rings. The second-order valence-electron chi connectivity index (χ2n) is 3.28. The SMILES string of the molecule is C1CCC(NN=C2COC2)C1. The molecule has 2 fully saturated rings. The predicted octanol–water partition coefficient (Wildman–Crippen LogP) is 0.905. The third-order valence-corrected chi connectivity index (χ3v) is 2.30. The molecule has 1 aliphatic carbocycles. The molecule has 0 aromatic carbocycles. The Kier molecular flexibility index (Phi) is 2.08. The molecule has 0 amide bonds. The summed E-state index contributed by atoms with van der Waals surface area (Å²) in [5.41, 5.74) is 4.36.